The Morgan fingerprint density at radius 1 is 1.03 bits per heavy atom. The van der Waals surface area contributed by atoms with Crippen LogP contribution in [0, 0.1) is 0 Å². The molecule has 2 aromatic carbocycles. The first-order valence-corrected chi connectivity index (χ1v) is 12.6. The Morgan fingerprint density at radius 2 is 1.71 bits per heavy atom. The number of thiazole rings is 1. The van der Waals surface area contributed by atoms with E-state index in [0.29, 0.717) is 10.7 Å². The van der Waals surface area contributed by atoms with Gasteiger partial charge in [0.15, 0.2) is 5.13 Å². The highest BCUT2D eigenvalue weighted by Gasteiger charge is 2.19. The number of benzene rings is 2. The molecule has 1 aliphatic rings. The summed E-state index contributed by atoms with van der Waals surface area (Å²) in [5.41, 5.74) is 3.58. The predicted molar refractivity (Wildman–Crippen MR) is 140 cm³/mol. The standard InChI is InChI=1S/C27H32N4O3S/c1-27(2,3)21-11-9-20(10-12-21)25(33)28-17-23(32)29-26-30-24(19-7-5-4-6-8-19)22(35-26)18-31-13-15-34-16-14-31/h4-12H,13-18H2,1-3H3,(H,28,33)(H,29,30,32). The number of nitrogens with zero attached hydrogens (tertiary/aromatic N) is 2. The van der Waals surface area contributed by atoms with Gasteiger partial charge < -0.3 is 15.4 Å². The number of carbonyl (C=O) groups is 2. The second-order valence-electron chi connectivity index (χ2n) is 9.60. The third-order valence-electron chi connectivity index (χ3n) is 5.88. The topological polar surface area (TPSA) is 83.6 Å². The molecule has 7 nitrogen and oxygen atoms in total. The monoisotopic (exact) mass is 492 g/mol. The van der Waals surface area contributed by atoms with Gasteiger partial charge in [0.25, 0.3) is 5.91 Å². The van der Waals surface area contributed by atoms with E-state index in [4.69, 9.17) is 9.72 Å². The van der Waals surface area contributed by atoms with Crippen LogP contribution in [0.2, 0.25) is 0 Å². The molecule has 1 aromatic heterocycles. The summed E-state index contributed by atoms with van der Waals surface area (Å²) in [5.74, 6) is -0.589. The van der Waals surface area contributed by atoms with E-state index in [9.17, 15) is 9.59 Å². The Hall–Kier alpha value is -3.07. The highest BCUT2D eigenvalue weighted by Crippen LogP contribution is 2.32. The lowest BCUT2D eigenvalue weighted by Gasteiger charge is -2.26. The fourth-order valence-electron chi connectivity index (χ4n) is 3.84. The number of hydrogen-bond donors (Lipinski definition) is 2. The quantitative estimate of drug-likeness (QED) is 0.514. The van der Waals surface area contributed by atoms with Gasteiger partial charge in [0, 0.05) is 35.6 Å². The molecule has 8 heteroatoms. The number of carbonyl (C=O) groups excluding carboxylic acids is 2. The minimum Gasteiger partial charge on any atom is -0.379 e. The summed E-state index contributed by atoms with van der Waals surface area (Å²) in [6.07, 6.45) is 0. The van der Waals surface area contributed by atoms with Gasteiger partial charge in [0.1, 0.15) is 0 Å². The molecular formula is C27H32N4O3S. The Bertz CT molecular complexity index is 1150. The average Bonchev–Trinajstić information content (AvgIpc) is 3.25. The minimum absolute atomic E-state index is 0.0157. The maximum Gasteiger partial charge on any atom is 0.251 e. The van der Waals surface area contributed by atoms with Gasteiger partial charge >= 0.3 is 0 Å². The maximum absolute atomic E-state index is 12.6. The van der Waals surface area contributed by atoms with Crippen molar-refractivity contribution >= 4 is 28.3 Å². The lowest BCUT2D eigenvalue weighted by atomic mass is 9.87. The molecule has 1 fully saturated rings. The normalized spacial score (nSPS) is 14.5. The summed E-state index contributed by atoms with van der Waals surface area (Å²) in [7, 11) is 0. The first-order valence-electron chi connectivity index (χ1n) is 11.8. The summed E-state index contributed by atoms with van der Waals surface area (Å²) < 4.78 is 5.46. The fourth-order valence-corrected chi connectivity index (χ4v) is 4.89. The summed E-state index contributed by atoms with van der Waals surface area (Å²) in [6.45, 7) is 10.2. The van der Waals surface area contributed by atoms with Gasteiger partial charge in [-0.2, -0.15) is 0 Å². The molecule has 0 unspecified atom stereocenters. The van der Waals surface area contributed by atoms with Crippen LogP contribution in [0.3, 0.4) is 0 Å². The van der Waals surface area contributed by atoms with E-state index in [2.05, 4.69) is 36.3 Å². The molecule has 184 valence electrons. The van der Waals surface area contributed by atoms with Crippen molar-refractivity contribution in [3.8, 4) is 11.3 Å². The van der Waals surface area contributed by atoms with Crippen molar-refractivity contribution in [2.45, 2.75) is 32.7 Å². The van der Waals surface area contributed by atoms with Gasteiger partial charge in [-0.25, -0.2) is 4.98 Å². The van der Waals surface area contributed by atoms with Gasteiger partial charge in [-0.05, 0) is 23.1 Å². The number of amides is 2. The molecule has 0 bridgehead atoms. The lowest BCUT2D eigenvalue weighted by molar-refractivity contribution is -0.115. The number of rotatable bonds is 7. The number of morpholine rings is 1. The summed E-state index contributed by atoms with van der Waals surface area (Å²) >= 11 is 1.47. The summed E-state index contributed by atoms with van der Waals surface area (Å²) in [6, 6.07) is 17.5. The number of nitrogens with one attached hydrogen (secondary N) is 2. The molecule has 4 rings (SSSR count). The largest absolute Gasteiger partial charge is 0.379 e. The zero-order chi connectivity index (χ0) is 24.8. The van der Waals surface area contributed by atoms with Gasteiger partial charge in [-0.3, -0.25) is 14.5 Å². The smallest absolute Gasteiger partial charge is 0.251 e. The SMILES string of the molecule is CC(C)(C)c1ccc(C(=O)NCC(=O)Nc2nc(-c3ccccc3)c(CN3CCOCC3)s2)cc1. The molecule has 2 heterocycles. The number of aromatic nitrogens is 1. The van der Waals surface area contributed by atoms with Crippen molar-refractivity contribution in [3.05, 3.63) is 70.6 Å². The van der Waals surface area contributed by atoms with Crippen LogP contribution >= 0.6 is 11.3 Å². The molecule has 0 radical (unpaired) electrons. The second-order valence-corrected chi connectivity index (χ2v) is 10.7. The predicted octanol–water partition coefficient (Wildman–Crippen LogP) is 4.31. The van der Waals surface area contributed by atoms with Crippen molar-refractivity contribution in [2.24, 2.45) is 0 Å². The molecule has 1 saturated heterocycles. The van der Waals surface area contributed by atoms with Gasteiger partial charge in [-0.1, -0.05) is 74.6 Å². The summed E-state index contributed by atoms with van der Waals surface area (Å²) in [4.78, 5) is 33.2. The first-order chi connectivity index (χ1) is 16.8. The molecule has 2 amide bonds. The van der Waals surface area contributed by atoms with Gasteiger partial charge in [0.2, 0.25) is 5.91 Å². The average molecular weight is 493 g/mol. The molecule has 35 heavy (non-hydrogen) atoms. The van der Waals surface area contributed by atoms with Crippen molar-refractivity contribution in [2.75, 3.05) is 38.2 Å². The van der Waals surface area contributed by atoms with E-state index < -0.39 is 0 Å². The van der Waals surface area contributed by atoms with Crippen LogP contribution in [-0.4, -0.2) is 54.5 Å². The Labute approximate surface area is 210 Å². The second kappa shape index (κ2) is 11.1. The molecule has 0 spiro atoms. The third kappa shape index (κ3) is 6.75. The van der Waals surface area contributed by atoms with Crippen LogP contribution in [0.4, 0.5) is 5.13 Å². The maximum atomic E-state index is 12.6. The molecular weight excluding hydrogens is 460 g/mol. The van der Waals surface area contributed by atoms with Crippen molar-refractivity contribution in [3.63, 3.8) is 0 Å². The Kier molecular flexibility index (Phi) is 7.95. The van der Waals surface area contributed by atoms with Gasteiger partial charge in [-0.15, -0.1) is 0 Å². The van der Waals surface area contributed by atoms with Crippen LogP contribution in [0.15, 0.2) is 54.6 Å². The molecule has 0 saturated carbocycles. The zero-order valence-electron chi connectivity index (χ0n) is 20.5. The van der Waals surface area contributed by atoms with Crippen molar-refractivity contribution in [1.82, 2.24) is 15.2 Å². The highest BCUT2D eigenvalue weighted by molar-refractivity contribution is 7.16. The van der Waals surface area contributed by atoms with E-state index in [1.165, 1.54) is 11.3 Å². The van der Waals surface area contributed by atoms with E-state index in [1.54, 1.807) is 12.1 Å². The Balaban J connectivity index is 1.39. The summed E-state index contributed by atoms with van der Waals surface area (Å²) in [5, 5.41) is 6.08. The Morgan fingerprint density at radius 3 is 2.37 bits per heavy atom. The first kappa shape index (κ1) is 25.0. The van der Waals surface area contributed by atoms with Crippen molar-refractivity contribution in [1.29, 1.82) is 0 Å². The number of anilines is 1. The van der Waals surface area contributed by atoms with Gasteiger partial charge in [0.05, 0.1) is 25.5 Å². The fraction of sp³-hybridized carbons (Fsp3) is 0.370. The van der Waals surface area contributed by atoms with E-state index in [-0.39, 0.29) is 23.8 Å². The lowest BCUT2D eigenvalue weighted by Crippen LogP contribution is -2.35. The number of hydrogen-bond acceptors (Lipinski definition) is 6. The third-order valence-corrected chi connectivity index (χ3v) is 6.84. The van der Waals surface area contributed by atoms with Crippen LogP contribution in [0.1, 0.15) is 41.6 Å². The highest BCUT2D eigenvalue weighted by atomic mass is 32.1. The molecule has 3 aromatic rings. The zero-order valence-corrected chi connectivity index (χ0v) is 21.3. The van der Waals surface area contributed by atoms with Crippen LogP contribution < -0.4 is 10.6 Å². The molecule has 1 aliphatic heterocycles. The van der Waals surface area contributed by atoms with E-state index >= 15 is 0 Å². The molecule has 2 N–H and O–H groups in total. The van der Waals surface area contributed by atoms with Crippen molar-refractivity contribution < 1.29 is 14.3 Å². The van der Waals surface area contributed by atoms with Crippen LogP contribution in [0.25, 0.3) is 11.3 Å². The number of ether oxygens (including phenoxy) is 1. The van der Waals surface area contributed by atoms with Crippen LogP contribution in [0.5, 0.6) is 0 Å². The van der Waals surface area contributed by atoms with E-state index in [1.807, 2.05) is 42.5 Å². The minimum atomic E-state index is -0.309. The molecule has 0 atom stereocenters. The molecule has 0 aliphatic carbocycles. The van der Waals surface area contributed by atoms with E-state index in [0.717, 1.165) is 54.5 Å². The van der Waals surface area contributed by atoms with Crippen LogP contribution in [-0.2, 0) is 21.5 Å².